The van der Waals surface area contributed by atoms with Gasteiger partial charge in [0.25, 0.3) is 0 Å². The minimum Gasteiger partial charge on any atom is -0.356 e. The van der Waals surface area contributed by atoms with Gasteiger partial charge in [0.05, 0.1) is 6.26 Å². The van der Waals surface area contributed by atoms with Gasteiger partial charge in [-0.2, -0.15) is 0 Å². The lowest BCUT2D eigenvalue weighted by atomic mass is 10.3. The fourth-order valence-corrected chi connectivity index (χ4v) is 2.21. The number of nitrogens with zero attached hydrogens (tertiary/aromatic N) is 1. The van der Waals surface area contributed by atoms with Crippen LogP contribution in [-0.2, 0) is 14.8 Å². The fraction of sp³-hybridized carbons (Fsp3) is 0.900. The van der Waals surface area contributed by atoms with E-state index in [0.29, 0.717) is 13.1 Å². The highest BCUT2D eigenvalue weighted by molar-refractivity contribution is 7.88. The zero-order chi connectivity index (χ0) is 12.6. The minimum absolute atomic E-state index is 0.0911. The van der Waals surface area contributed by atoms with E-state index in [2.05, 4.69) is 5.32 Å². The zero-order valence-electron chi connectivity index (χ0n) is 10.3. The second-order valence-electron chi connectivity index (χ2n) is 3.76. The number of sulfonamides is 1. The highest BCUT2D eigenvalue weighted by Crippen LogP contribution is 2.01. The van der Waals surface area contributed by atoms with Crippen LogP contribution in [0.5, 0.6) is 0 Å². The quantitative estimate of drug-likeness (QED) is 0.685. The number of amides is 1. The summed E-state index contributed by atoms with van der Waals surface area (Å²) in [5, 5.41) is 2.72. The van der Waals surface area contributed by atoms with Crippen LogP contribution >= 0.6 is 0 Å². The maximum absolute atomic E-state index is 11.3. The molecular formula is C10H22N2O3S. The van der Waals surface area contributed by atoms with Gasteiger partial charge < -0.3 is 5.32 Å². The Morgan fingerprint density at radius 2 is 1.81 bits per heavy atom. The standard InChI is InChI=1S/C10H22N2O3S/c1-4-7-11-10(13)6-9-12(8-5-2)16(3,14)15/h4-9H2,1-3H3,(H,11,13). The average Bonchev–Trinajstić information content (AvgIpc) is 2.19. The number of rotatable bonds is 8. The van der Waals surface area contributed by atoms with Crippen molar-refractivity contribution in [1.82, 2.24) is 9.62 Å². The summed E-state index contributed by atoms with van der Waals surface area (Å²) in [5.41, 5.74) is 0. The van der Waals surface area contributed by atoms with Crippen LogP contribution in [0.1, 0.15) is 33.1 Å². The third-order valence-corrected chi connectivity index (χ3v) is 3.41. The molecule has 0 saturated heterocycles. The minimum atomic E-state index is -3.19. The van der Waals surface area contributed by atoms with E-state index in [1.807, 2.05) is 13.8 Å². The van der Waals surface area contributed by atoms with Crippen LogP contribution in [0.25, 0.3) is 0 Å². The van der Waals surface area contributed by atoms with Gasteiger partial charge in [0.1, 0.15) is 0 Å². The molecule has 0 saturated carbocycles. The second-order valence-corrected chi connectivity index (χ2v) is 5.74. The Bertz CT molecular complexity index is 301. The zero-order valence-corrected chi connectivity index (χ0v) is 11.1. The molecule has 0 aliphatic carbocycles. The number of hydrogen-bond acceptors (Lipinski definition) is 3. The molecule has 1 amide bonds. The third kappa shape index (κ3) is 6.79. The van der Waals surface area contributed by atoms with Gasteiger partial charge in [-0.3, -0.25) is 4.79 Å². The molecule has 0 spiro atoms. The van der Waals surface area contributed by atoms with Crippen LogP contribution in [0.2, 0.25) is 0 Å². The van der Waals surface area contributed by atoms with Crippen molar-refractivity contribution < 1.29 is 13.2 Å². The van der Waals surface area contributed by atoms with Crippen molar-refractivity contribution in [3.8, 4) is 0 Å². The SMILES string of the molecule is CCCNC(=O)CCN(CCC)S(C)(=O)=O. The van der Waals surface area contributed by atoms with E-state index in [4.69, 9.17) is 0 Å². The topological polar surface area (TPSA) is 66.5 Å². The average molecular weight is 250 g/mol. The molecule has 0 radical (unpaired) electrons. The van der Waals surface area contributed by atoms with E-state index in [9.17, 15) is 13.2 Å². The van der Waals surface area contributed by atoms with Crippen LogP contribution in [0.3, 0.4) is 0 Å². The summed E-state index contributed by atoms with van der Waals surface area (Å²) in [4.78, 5) is 11.3. The molecule has 0 aromatic heterocycles. The largest absolute Gasteiger partial charge is 0.356 e. The smallest absolute Gasteiger partial charge is 0.221 e. The van der Waals surface area contributed by atoms with Crippen molar-refractivity contribution in [2.24, 2.45) is 0 Å². The lowest BCUT2D eigenvalue weighted by Gasteiger charge is -2.18. The molecule has 96 valence electrons. The van der Waals surface area contributed by atoms with E-state index in [1.165, 1.54) is 10.6 Å². The second kappa shape index (κ2) is 7.62. The van der Waals surface area contributed by atoms with Gasteiger partial charge in [-0.25, -0.2) is 12.7 Å². The Kier molecular flexibility index (Phi) is 7.33. The molecule has 0 unspecified atom stereocenters. The molecule has 0 bridgehead atoms. The van der Waals surface area contributed by atoms with Gasteiger partial charge in [0.15, 0.2) is 0 Å². The molecule has 0 aromatic carbocycles. The van der Waals surface area contributed by atoms with E-state index in [-0.39, 0.29) is 18.9 Å². The Labute approximate surface area is 98.3 Å². The van der Waals surface area contributed by atoms with Gasteiger partial charge >= 0.3 is 0 Å². The summed E-state index contributed by atoms with van der Waals surface area (Å²) in [7, 11) is -3.19. The van der Waals surface area contributed by atoms with Crippen molar-refractivity contribution in [3.05, 3.63) is 0 Å². The van der Waals surface area contributed by atoms with E-state index >= 15 is 0 Å². The molecule has 0 aromatic rings. The van der Waals surface area contributed by atoms with Gasteiger partial charge in [-0.15, -0.1) is 0 Å². The maximum Gasteiger partial charge on any atom is 0.221 e. The Morgan fingerprint density at radius 3 is 2.25 bits per heavy atom. The molecule has 0 atom stereocenters. The lowest BCUT2D eigenvalue weighted by molar-refractivity contribution is -0.121. The summed E-state index contributed by atoms with van der Waals surface area (Å²) in [5.74, 6) is -0.0911. The third-order valence-electron chi connectivity index (χ3n) is 2.10. The Morgan fingerprint density at radius 1 is 1.19 bits per heavy atom. The Hall–Kier alpha value is -0.620. The van der Waals surface area contributed by atoms with Crippen LogP contribution in [-0.4, -0.2) is 44.5 Å². The normalized spacial score (nSPS) is 11.8. The predicted molar refractivity (Wildman–Crippen MR) is 64.6 cm³/mol. The number of hydrogen-bond donors (Lipinski definition) is 1. The first-order chi connectivity index (χ1) is 7.41. The molecule has 0 heterocycles. The van der Waals surface area contributed by atoms with Crippen molar-refractivity contribution in [2.75, 3.05) is 25.9 Å². The van der Waals surface area contributed by atoms with Crippen LogP contribution in [0.4, 0.5) is 0 Å². The summed E-state index contributed by atoms with van der Waals surface area (Å²) >= 11 is 0. The maximum atomic E-state index is 11.3. The number of carbonyl (C=O) groups is 1. The van der Waals surface area contributed by atoms with Gasteiger partial charge in [0.2, 0.25) is 15.9 Å². The molecule has 6 heteroatoms. The number of nitrogens with one attached hydrogen (secondary N) is 1. The molecular weight excluding hydrogens is 228 g/mol. The monoisotopic (exact) mass is 250 g/mol. The van der Waals surface area contributed by atoms with E-state index in [1.54, 1.807) is 0 Å². The highest BCUT2D eigenvalue weighted by atomic mass is 32.2. The van der Waals surface area contributed by atoms with Crippen molar-refractivity contribution in [1.29, 1.82) is 0 Å². The molecule has 0 rings (SSSR count). The molecule has 16 heavy (non-hydrogen) atoms. The predicted octanol–water partition coefficient (Wildman–Crippen LogP) is 0.574. The lowest BCUT2D eigenvalue weighted by Crippen LogP contribution is -2.35. The molecule has 1 N–H and O–H groups in total. The summed E-state index contributed by atoms with van der Waals surface area (Å²) in [6.45, 7) is 5.27. The highest BCUT2D eigenvalue weighted by Gasteiger charge is 2.16. The van der Waals surface area contributed by atoms with Gasteiger partial charge in [0, 0.05) is 26.1 Å². The van der Waals surface area contributed by atoms with Crippen LogP contribution in [0, 0.1) is 0 Å². The van der Waals surface area contributed by atoms with E-state index < -0.39 is 10.0 Å². The van der Waals surface area contributed by atoms with Crippen LogP contribution in [0.15, 0.2) is 0 Å². The summed E-state index contributed by atoms with van der Waals surface area (Å²) < 4.78 is 24.0. The molecule has 0 fully saturated rings. The molecule has 0 aliphatic rings. The van der Waals surface area contributed by atoms with Crippen LogP contribution < -0.4 is 5.32 Å². The first-order valence-electron chi connectivity index (χ1n) is 5.63. The van der Waals surface area contributed by atoms with Gasteiger partial charge in [-0.1, -0.05) is 13.8 Å². The molecule has 0 aliphatic heterocycles. The van der Waals surface area contributed by atoms with Crippen molar-refractivity contribution >= 4 is 15.9 Å². The van der Waals surface area contributed by atoms with Crippen molar-refractivity contribution in [2.45, 2.75) is 33.1 Å². The summed E-state index contributed by atoms with van der Waals surface area (Å²) in [6.07, 6.45) is 3.04. The van der Waals surface area contributed by atoms with Crippen molar-refractivity contribution in [3.63, 3.8) is 0 Å². The number of carbonyl (C=O) groups excluding carboxylic acids is 1. The summed E-state index contributed by atoms with van der Waals surface area (Å²) in [6, 6.07) is 0. The van der Waals surface area contributed by atoms with Gasteiger partial charge in [-0.05, 0) is 12.8 Å². The first kappa shape index (κ1) is 15.4. The Balaban J connectivity index is 4.08. The molecule has 5 nitrogen and oxygen atoms in total. The first-order valence-corrected chi connectivity index (χ1v) is 7.48. The fourth-order valence-electron chi connectivity index (χ4n) is 1.27. The van der Waals surface area contributed by atoms with E-state index in [0.717, 1.165) is 12.8 Å².